The van der Waals surface area contributed by atoms with Crippen LogP contribution < -0.4 is 5.32 Å². The summed E-state index contributed by atoms with van der Waals surface area (Å²) in [6.07, 6.45) is 7.16. The summed E-state index contributed by atoms with van der Waals surface area (Å²) >= 11 is 1.32. The second kappa shape index (κ2) is 7.43. The molecule has 0 bridgehead atoms. The molecule has 1 fully saturated rings. The van der Waals surface area contributed by atoms with E-state index < -0.39 is 11.7 Å². The summed E-state index contributed by atoms with van der Waals surface area (Å²) in [5, 5.41) is 25.7. The fourth-order valence-electron chi connectivity index (χ4n) is 3.24. The number of carbonyl (C=O) groups excluding carboxylic acids is 1. The molecule has 0 atom stereocenters. The Labute approximate surface area is 173 Å². The van der Waals surface area contributed by atoms with Crippen molar-refractivity contribution < 1.29 is 14.3 Å². The second-order valence-electron chi connectivity index (χ2n) is 6.96. The van der Waals surface area contributed by atoms with Crippen LogP contribution in [-0.2, 0) is 0 Å². The molecule has 1 aliphatic rings. The molecule has 1 aliphatic carbocycles. The minimum absolute atomic E-state index is 0.0110. The zero-order chi connectivity index (χ0) is 20.7. The summed E-state index contributed by atoms with van der Waals surface area (Å²) in [6, 6.07) is 2.77. The Kier molecular flexibility index (Phi) is 4.60. The number of H-pyrrole nitrogens is 1. The number of anilines is 1. The Hall–Kier alpha value is -3.44. The Morgan fingerprint density at radius 3 is 2.97 bits per heavy atom. The maximum atomic E-state index is 14.4. The van der Waals surface area contributed by atoms with Gasteiger partial charge in [0.1, 0.15) is 22.1 Å². The highest BCUT2D eigenvalue weighted by Gasteiger charge is 2.31. The monoisotopic (exact) mass is 425 g/mol. The van der Waals surface area contributed by atoms with Crippen LogP contribution in [0.2, 0.25) is 0 Å². The predicted octanol–water partition coefficient (Wildman–Crippen LogP) is 2.88. The fourth-order valence-corrected chi connectivity index (χ4v) is 4.03. The van der Waals surface area contributed by atoms with Gasteiger partial charge in [-0.1, -0.05) is 0 Å². The molecule has 30 heavy (non-hydrogen) atoms. The van der Waals surface area contributed by atoms with E-state index in [-0.39, 0.29) is 29.2 Å². The van der Waals surface area contributed by atoms with Crippen LogP contribution in [0.5, 0.6) is 0 Å². The SMILES string of the molecule is O=C(Nc1cn(C2CC(O)C2)nc1-c1ncccc1F)c1csc(-c2cn[nH]c2)n1. The van der Waals surface area contributed by atoms with E-state index in [1.807, 2.05) is 0 Å². The Morgan fingerprint density at radius 2 is 2.23 bits per heavy atom. The molecule has 152 valence electrons. The third kappa shape index (κ3) is 3.37. The first kappa shape index (κ1) is 18.6. The molecule has 4 aromatic heterocycles. The Bertz CT molecular complexity index is 1200. The van der Waals surface area contributed by atoms with Crippen LogP contribution in [0.4, 0.5) is 10.1 Å². The van der Waals surface area contributed by atoms with E-state index in [0.29, 0.717) is 23.5 Å². The van der Waals surface area contributed by atoms with Gasteiger partial charge in [0.15, 0.2) is 5.82 Å². The van der Waals surface area contributed by atoms with Crippen molar-refractivity contribution in [2.45, 2.75) is 25.0 Å². The number of halogens is 1. The fraction of sp³-hybridized carbons (Fsp3) is 0.211. The molecule has 5 rings (SSSR count). The van der Waals surface area contributed by atoms with Gasteiger partial charge in [0.25, 0.3) is 5.91 Å². The number of amides is 1. The predicted molar refractivity (Wildman–Crippen MR) is 107 cm³/mol. The van der Waals surface area contributed by atoms with Gasteiger partial charge in [0.05, 0.1) is 24.0 Å². The molecule has 11 heteroatoms. The van der Waals surface area contributed by atoms with Crippen molar-refractivity contribution in [3.05, 3.63) is 53.8 Å². The summed E-state index contributed by atoms with van der Waals surface area (Å²) in [5.74, 6) is -0.977. The molecule has 0 saturated heterocycles. The number of carbonyl (C=O) groups is 1. The lowest BCUT2D eigenvalue weighted by Crippen LogP contribution is -2.31. The van der Waals surface area contributed by atoms with Gasteiger partial charge in [-0.05, 0) is 25.0 Å². The number of rotatable bonds is 5. The molecule has 0 radical (unpaired) electrons. The maximum Gasteiger partial charge on any atom is 0.275 e. The van der Waals surface area contributed by atoms with Gasteiger partial charge in [-0.15, -0.1) is 11.3 Å². The van der Waals surface area contributed by atoms with Gasteiger partial charge >= 0.3 is 0 Å². The van der Waals surface area contributed by atoms with Gasteiger partial charge in [-0.2, -0.15) is 10.2 Å². The van der Waals surface area contributed by atoms with E-state index in [2.05, 4.69) is 30.6 Å². The van der Waals surface area contributed by atoms with Gasteiger partial charge in [0, 0.05) is 29.5 Å². The van der Waals surface area contributed by atoms with Crippen molar-refractivity contribution in [2.24, 2.45) is 0 Å². The average molecular weight is 425 g/mol. The van der Waals surface area contributed by atoms with Crippen molar-refractivity contribution in [3.63, 3.8) is 0 Å². The normalized spacial score (nSPS) is 18.2. The molecule has 3 N–H and O–H groups in total. The number of hydrogen-bond acceptors (Lipinski definition) is 7. The van der Waals surface area contributed by atoms with Crippen molar-refractivity contribution in [1.82, 2.24) is 29.9 Å². The van der Waals surface area contributed by atoms with Gasteiger partial charge in [0.2, 0.25) is 0 Å². The van der Waals surface area contributed by atoms with E-state index in [9.17, 15) is 14.3 Å². The number of aromatic nitrogens is 6. The van der Waals surface area contributed by atoms with E-state index in [0.717, 1.165) is 5.56 Å². The van der Waals surface area contributed by atoms with Crippen LogP contribution in [0.15, 0.2) is 42.3 Å². The van der Waals surface area contributed by atoms with E-state index >= 15 is 0 Å². The van der Waals surface area contributed by atoms with E-state index in [1.54, 1.807) is 28.7 Å². The molecule has 1 saturated carbocycles. The Morgan fingerprint density at radius 1 is 1.37 bits per heavy atom. The quantitative estimate of drug-likeness (QED) is 0.452. The summed E-state index contributed by atoms with van der Waals surface area (Å²) in [7, 11) is 0. The highest BCUT2D eigenvalue weighted by Crippen LogP contribution is 2.35. The second-order valence-corrected chi connectivity index (χ2v) is 7.82. The Balaban J connectivity index is 1.45. The van der Waals surface area contributed by atoms with Crippen LogP contribution >= 0.6 is 11.3 Å². The molecule has 0 spiro atoms. The van der Waals surface area contributed by atoms with Crippen LogP contribution in [0.1, 0.15) is 29.4 Å². The summed E-state index contributed by atoms with van der Waals surface area (Å²) in [4.78, 5) is 21.2. The number of nitrogens with zero attached hydrogens (tertiary/aromatic N) is 5. The largest absolute Gasteiger partial charge is 0.393 e. The number of aliphatic hydroxyl groups excluding tert-OH is 1. The molecular formula is C19H16FN7O2S. The van der Waals surface area contributed by atoms with Crippen LogP contribution in [0, 0.1) is 5.82 Å². The van der Waals surface area contributed by atoms with Crippen molar-refractivity contribution in [1.29, 1.82) is 0 Å². The van der Waals surface area contributed by atoms with Crippen molar-refractivity contribution >= 4 is 22.9 Å². The average Bonchev–Trinajstić information content (AvgIpc) is 3.46. The molecular weight excluding hydrogens is 409 g/mol. The van der Waals surface area contributed by atoms with Crippen molar-refractivity contribution in [2.75, 3.05) is 5.32 Å². The molecule has 4 heterocycles. The van der Waals surface area contributed by atoms with Crippen LogP contribution in [0.25, 0.3) is 22.0 Å². The first-order valence-electron chi connectivity index (χ1n) is 9.22. The maximum absolute atomic E-state index is 14.4. The smallest absolute Gasteiger partial charge is 0.275 e. The van der Waals surface area contributed by atoms with Crippen LogP contribution in [0.3, 0.4) is 0 Å². The lowest BCUT2D eigenvalue weighted by molar-refractivity contribution is 0.0435. The van der Waals surface area contributed by atoms with Gasteiger partial charge < -0.3 is 10.4 Å². The minimum atomic E-state index is -0.539. The van der Waals surface area contributed by atoms with E-state index in [1.165, 1.54) is 29.7 Å². The van der Waals surface area contributed by atoms with Crippen LogP contribution in [-0.4, -0.2) is 47.1 Å². The number of aromatic amines is 1. The number of hydrogen-bond donors (Lipinski definition) is 3. The molecule has 0 aliphatic heterocycles. The first-order chi connectivity index (χ1) is 14.6. The standard InChI is InChI=1S/C19H16FN7O2S/c20-13-2-1-3-21-16(13)17-14(8-27(26-17)11-4-12(28)5-11)24-18(29)15-9-30-19(25-15)10-6-22-23-7-10/h1-3,6-9,11-12,28H,4-5H2,(H,22,23)(H,24,29). The van der Waals surface area contributed by atoms with Gasteiger partial charge in [-0.3, -0.25) is 19.6 Å². The number of nitrogens with one attached hydrogen (secondary N) is 2. The summed E-state index contributed by atoms with van der Waals surface area (Å²) in [5.41, 5.74) is 1.62. The number of thiazole rings is 1. The first-order valence-corrected chi connectivity index (χ1v) is 10.1. The topological polar surface area (TPSA) is 122 Å². The highest BCUT2D eigenvalue weighted by molar-refractivity contribution is 7.13. The zero-order valence-electron chi connectivity index (χ0n) is 15.5. The third-order valence-corrected chi connectivity index (χ3v) is 5.80. The number of aliphatic hydroxyl groups is 1. The lowest BCUT2D eigenvalue weighted by Gasteiger charge is -2.31. The van der Waals surface area contributed by atoms with Crippen molar-refractivity contribution in [3.8, 4) is 22.0 Å². The molecule has 1 amide bonds. The number of pyridine rings is 1. The highest BCUT2D eigenvalue weighted by atomic mass is 32.1. The molecule has 9 nitrogen and oxygen atoms in total. The molecule has 0 aromatic carbocycles. The summed E-state index contributed by atoms with van der Waals surface area (Å²) < 4.78 is 16.0. The van der Waals surface area contributed by atoms with Gasteiger partial charge in [-0.25, -0.2) is 9.37 Å². The summed E-state index contributed by atoms with van der Waals surface area (Å²) in [6.45, 7) is 0. The minimum Gasteiger partial charge on any atom is -0.393 e. The van der Waals surface area contributed by atoms with E-state index in [4.69, 9.17) is 0 Å². The molecule has 4 aromatic rings. The zero-order valence-corrected chi connectivity index (χ0v) is 16.3. The lowest BCUT2D eigenvalue weighted by atomic mass is 9.90. The molecule has 0 unspecified atom stereocenters. The third-order valence-electron chi connectivity index (χ3n) is 4.91.